The molecule has 4 atom stereocenters. The van der Waals surface area contributed by atoms with Crippen LogP contribution in [0.5, 0.6) is 5.75 Å². The van der Waals surface area contributed by atoms with E-state index in [2.05, 4.69) is 33.0 Å². The van der Waals surface area contributed by atoms with Crippen LogP contribution in [-0.2, 0) is 15.9 Å². The fraction of sp³-hybridized carbons (Fsp3) is 0.292. The van der Waals surface area contributed by atoms with E-state index in [1.807, 2.05) is 42.5 Å². The topological polar surface area (TPSA) is 51.6 Å². The molecule has 3 heterocycles. The first kappa shape index (κ1) is 18.8. The SMILES string of the molecule is O[C@]12c3ncc(Cl)cc3O[C@@]1(c1ccc(Br)cc1)[C@H](c1ccccc1)C[C@@]21CCO1. The molecule has 2 aromatic carbocycles. The van der Waals surface area contributed by atoms with Crippen molar-refractivity contribution in [2.24, 2.45) is 0 Å². The Bertz CT molecular complexity index is 1130. The molecule has 2 aliphatic heterocycles. The van der Waals surface area contributed by atoms with E-state index in [0.29, 0.717) is 29.5 Å². The number of hydrogen-bond acceptors (Lipinski definition) is 4. The Hall–Kier alpha value is -1.92. The number of aliphatic hydroxyl groups is 1. The van der Waals surface area contributed by atoms with Crippen molar-refractivity contribution in [3.05, 3.63) is 93.2 Å². The Morgan fingerprint density at radius 1 is 1.10 bits per heavy atom. The van der Waals surface area contributed by atoms with Crippen LogP contribution in [0.2, 0.25) is 5.02 Å². The molecule has 0 amide bonds. The van der Waals surface area contributed by atoms with Gasteiger partial charge in [0.1, 0.15) is 17.0 Å². The van der Waals surface area contributed by atoms with Gasteiger partial charge in [-0.15, -0.1) is 0 Å². The molecule has 1 N–H and O–H groups in total. The van der Waals surface area contributed by atoms with Crippen molar-refractivity contribution in [2.45, 2.75) is 35.6 Å². The molecule has 0 radical (unpaired) electrons. The summed E-state index contributed by atoms with van der Waals surface area (Å²) in [6, 6.07) is 19.9. The predicted molar refractivity (Wildman–Crippen MR) is 117 cm³/mol. The Morgan fingerprint density at radius 3 is 2.50 bits per heavy atom. The van der Waals surface area contributed by atoms with Crippen molar-refractivity contribution in [3.8, 4) is 5.75 Å². The zero-order valence-electron chi connectivity index (χ0n) is 16.0. The van der Waals surface area contributed by atoms with E-state index in [0.717, 1.165) is 22.0 Å². The first-order chi connectivity index (χ1) is 14.5. The molecule has 0 unspecified atom stereocenters. The molecule has 2 fully saturated rings. The molecule has 3 aliphatic rings. The molecule has 1 aromatic heterocycles. The summed E-state index contributed by atoms with van der Waals surface area (Å²) in [4.78, 5) is 4.57. The second-order valence-corrected chi connectivity index (χ2v) is 9.67. The smallest absolute Gasteiger partial charge is 0.184 e. The third-order valence-electron chi connectivity index (χ3n) is 7.01. The number of pyridine rings is 1. The van der Waals surface area contributed by atoms with Gasteiger partial charge in [0, 0.05) is 29.1 Å². The van der Waals surface area contributed by atoms with Gasteiger partial charge in [0.25, 0.3) is 0 Å². The fourth-order valence-electron chi connectivity index (χ4n) is 5.69. The minimum Gasteiger partial charge on any atom is -0.476 e. The Balaban J connectivity index is 1.68. The fourth-order valence-corrected chi connectivity index (χ4v) is 6.10. The van der Waals surface area contributed by atoms with E-state index >= 15 is 0 Å². The maximum Gasteiger partial charge on any atom is 0.184 e. The van der Waals surface area contributed by atoms with Crippen molar-refractivity contribution >= 4 is 27.5 Å². The molecule has 6 heteroatoms. The number of nitrogens with zero attached hydrogens (tertiary/aromatic N) is 1. The average molecular weight is 485 g/mol. The summed E-state index contributed by atoms with van der Waals surface area (Å²) in [5.74, 6) is 0.390. The Labute approximate surface area is 187 Å². The summed E-state index contributed by atoms with van der Waals surface area (Å²) in [6.07, 6.45) is 2.97. The van der Waals surface area contributed by atoms with Gasteiger partial charge < -0.3 is 14.6 Å². The second-order valence-electron chi connectivity index (χ2n) is 8.32. The van der Waals surface area contributed by atoms with Crippen LogP contribution in [-0.4, -0.2) is 22.3 Å². The van der Waals surface area contributed by atoms with Crippen LogP contribution in [0.15, 0.2) is 71.3 Å². The van der Waals surface area contributed by atoms with Crippen LogP contribution >= 0.6 is 27.5 Å². The van der Waals surface area contributed by atoms with Gasteiger partial charge >= 0.3 is 0 Å². The highest BCUT2D eigenvalue weighted by Gasteiger charge is 2.81. The van der Waals surface area contributed by atoms with Gasteiger partial charge in [0.2, 0.25) is 0 Å². The quantitative estimate of drug-likeness (QED) is 0.535. The number of fused-ring (bicyclic) bond motifs is 4. The zero-order chi connectivity index (χ0) is 20.6. The first-order valence-corrected chi connectivity index (χ1v) is 11.2. The summed E-state index contributed by atoms with van der Waals surface area (Å²) in [7, 11) is 0. The number of ether oxygens (including phenoxy) is 2. The highest BCUT2D eigenvalue weighted by molar-refractivity contribution is 9.10. The number of benzene rings is 2. The molecule has 4 nitrogen and oxygen atoms in total. The molecule has 6 rings (SSSR count). The van der Waals surface area contributed by atoms with Crippen LogP contribution in [0.25, 0.3) is 0 Å². The van der Waals surface area contributed by atoms with E-state index in [9.17, 15) is 5.11 Å². The Kier molecular flexibility index (Phi) is 3.95. The lowest BCUT2D eigenvalue weighted by atomic mass is 9.68. The summed E-state index contributed by atoms with van der Waals surface area (Å²) < 4.78 is 13.9. The van der Waals surface area contributed by atoms with Gasteiger partial charge in [-0.25, -0.2) is 0 Å². The van der Waals surface area contributed by atoms with Crippen LogP contribution in [0.4, 0.5) is 0 Å². The molecule has 1 spiro atoms. The van der Waals surface area contributed by atoms with E-state index < -0.39 is 16.8 Å². The molecule has 30 heavy (non-hydrogen) atoms. The summed E-state index contributed by atoms with van der Waals surface area (Å²) in [5.41, 5.74) is -0.768. The molecule has 1 saturated carbocycles. The summed E-state index contributed by atoms with van der Waals surface area (Å²) in [5, 5.41) is 13.1. The van der Waals surface area contributed by atoms with Gasteiger partial charge in [-0.2, -0.15) is 0 Å². The summed E-state index contributed by atoms with van der Waals surface area (Å²) in [6.45, 7) is 0.614. The molecular formula is C24H19BrClNO3. The molecule has 1 saturated heterocycles. The lowest BCUT2D eigenvalue weighted by Gasteiger charge is -2.50. The number of hydrogen-bond donors (Lipinski definition) is 1. The van der Waals surface area contributed by atoms with Crippen LogP contribution in [0.1, 0.15) is 35.6 Å². The van der Waals surface area contributed by atoms with Crippen molar-refractivity contribution < 1.29 is 14.6 Å². The van der Waals surface area contributed by atoms with E-state index in [1.165, 1.54) is 0 Å². The molecule has 1 aliphatic carbocycles. The van der Waals surface area contributed by atoms with Crippen LogP contribution < -0.4 is 4.74 Å². The molecule has 152 valence electrons. The first-order valence-electron chi connectivity index (χ1n) is 10.0. The molecule has 0 bridgehead atoms. The average Bonchev–Trinajstić information content (AvgIpc) is 3.11. The molecule has 3 aromatic rings. The zero-order valence-corrected chi connectivity index (χ0v) is 18.4. The maximum atomic E-state index is 12.6. The normalized spacial score (nSPS) is 33.6. The van der Waals surface area contributed by atoms with Crippen LogP contribution in [0.3, 0.4) is 0 Å². The predicted octanol–water partition coefficient (Wildman–Crippen LogP) is 5.32. The van der Waals surface area contributed by atoms with Crippen molar-refractivity contribution in [1.82, 2.24) is 4.98 Å². The standard InChI is InChI=1S/C24H19BrClNO3/c25-17-8-6-16(7-9-17)23-19(15-4-2-1-3-5-15)13-22(10-11-29-22)24(23,28)21-20(30-23)12-18(26)14-27-21/h1-9,12,14,19,28H,10-11,13H2/t19-,22-,23-,24-/m0/s1. The Morgan fingerprint density at radius 2 is 1.83 bits per heavy atom. The van der Waals surface area contributed by atoms with Gasteiger partial charge in [0.15, 0.2) is 11.2 Å². The minimum atomic E-state index is -1.44. The van der Waals surface area contributed by atoms with Crippen molar-refractivity contribution in [3.63, 3.8) is 0 Å². The van der Waals surface area contributed by atoms with E-state index in [1.54, 1.807) is 12.3 Å². The third kappa shape index (κ3) is 2.16. The van der Waals surface area contributed by atoms with Crippen LogP contribution in [0, 0.1) is 0 Å². The van der Waals surface area contributed by atoms with Crippen molar-refractivity contribution in [2.75, 3.05) is 6.61 Å². The number of rotatable bonds is 2. The lowest BCUT2D eigenvalue weighted by Crippen LogP contribution is -2.63. The van der Waals surface area contributed by atoms with Crippen molar-refractivity contribution in [1.29, 1.82) is 0 Å². The van der Waals surface area contributed by atoms with Gasteiger partial charge in [-0.05, 0) is 29.7 Å². The monoisotopic (exact) mass is 483 g/mol. The molecular weight excluding hydrogens is 466 g/mol. The largest absolute Gasteiger partial charge is 0.476 e. The highest BCUT2D eigenvalue weighted by Crippen LogP contribution is 2.72. The summed E-state index contributed by atoms with van der Waals surface area (Å²) >= 11 is 9.77. The minimum absolute atomic E-state index is 0.127. The highest BCUT2D eigenvalue weighted by atomic mass is 79.9. The number of aromatic nitrogens is 1. The van der Waals surface area contributed by atoms with Gasteiger partial charge in [0.05, 0.1) is 11.6 Å². The lowest BCUT2D eigenvalue weighted by molar-refractivity contribution is -0.270. The van der Waals surface area contributed by atoms with E-state index in [-0.39, 0.29) is 5.92 Å². The second kappa shape index (κ2) is 6.30. The van der Waals surface area contributed by atoms with Gasteiger partial charge in [-0.1, -0.05) is 70.0 Å². The van der Waals surface area contributed by atoms with E-state index in [4.69, 9.17) is 21.1 Å². The third-order valence-corrected chi connectivity index (χ3v) is 7.75. The van der Waals surface area contributed by atoms with Gasteiger partial charge in [-0.3, -0.25) is 4.98 Å². The number of halogens is 2. The maximum absolute atomic E-state index is 12.6.